The van der Waals surface area contributed by atoms with Crippen molar-refractivity contribution < 1.29 is 4.74 Å². The summed E-state index contributed by atoms with van der Waals surface area (Å²) in [7, 11) is 0. The summed E-state index contributed by atoms with van der Waals surface area (Å²) in [5.41, 5.74) is 1.22. The van der Waals surface area contributed by atoms with Crippen LogP contribution in [0, 0.1) is 0 Å². The van der Waals surface area contributed by atoms with Gasteiger partial charge in [0.1, 0.15) is 6.10 Å². The zero-order chi connectivity index (χ0) is 12.6. The molecule has 0 aromatic carbocycles. The zero-order valence-corrected chi connectivity index (χ0v) is 11.3. The fourth-order valence-corrected chi connectivity index (χ4v) is 2.35. The Balaban J connectivity index is 1.79. The number of hydrogen-bond donors (Lipinski definition) is 1. The van der Waals surface area contributed by atoms with Crippen molar-refractivity contribution in [3.8, 4) is 5.88 Å². The number of nitrogens with one attached hydrogen (secondary N) is 1. The summed E-state index contributed by atoms with van der Waals surface area (Å²) in [6, 6.07) is 4.10. The lowest BCUT2D eigenvalue weighted by Gasteiger charge is -2.22. The van der Waals surface area contributed by atoms with Gasteiger partial charge in [0.05, 0.1) is 0 Å². The molecule has 1 aliphatic rings. The van der Waals surface area contributed by atoms with Crippen LogP contribution in [0.15, 0.2) is 18.3 Å². The molecular weight excluding hydrogens is 224 g/mol. The van der Waals surface area contributed by atoms with Crippen LogP contribution in [0.5, 0.6) is 5.88 Å². The number of ether oxygens (including phenoxy) is 1. The van der Waals surface area contributed by atoms with Crippen molar-refractivity contribution in [2.75, 3.05) is 6.54 Å². The van der Waals surface area contributed by atoms with Gasteiger partial charge in [-0.2, -0.15) is 0 Å². The van der Waals surface area contributed by atoms with E-state index < -0.39 is 0 Å². The van der Waals surface area contributed by atoms with Crippen LogP contribution in [0.3, 0.4) is 0 Å². The minimum Gasteiger partial charge on any atom is -0.474 e. The lowest BCUT2D eigenvalue weighted by atomic mass is 9.98. The van der Waals surface area contributed by atoms with Crippen LogP contribution in [-0.2, 0) is 6.54 Å². The third kappa shape index (κ3) is 4.30. The highest BCUT2D eigenvalue weighted by Crippen LogP contribution is 2.22. The molecule has 1 aromatic rings. The van der Waals surface area contributed by atoms with Gasteiger partial charge in [-0.1, -0.05) is 19.4 Å². The summed E-state index contributed by atoms with van der Waals surface area (Å²) >= 11 is 0. The van der Waals surface area contributed by atoms with Gasteiger partial charge < -0.3 is 10.1 Å². The molecule has 1 heterocycles. The number of hydrogen-bond acceptors (Lipinski definition) is 3. The second kappa shape index (κ2) is 7.37. The first-order valence-electron chi connectivity index (χ1n) is 7.21. The van der Waals surface area contributed by atoms with Gasteiger partial charge in [-0.05, 0) is 44.2 Å². The maximum atomic E-state index is 5.90. The Morgan fingerprint density at radius 1 is 1.28 bits per heavy atom. The SMILES string of the molecule is CCCNCc1ccc(OC2CCCCC2)nc1. The highest BCUT2D eigenvalue weighted by Gasteiger charge is 2.15. The summed E-state index contributed by atoms with van der Waals surface area (Å²) in [4.78, 5) is 4.39. The predicted octanol–water partition coefficient (Wildman–Crippen LogP) is 3.29. The Morgan fingerprint density at radius 2 is 2.11 bits per heavy atom. The van der Waals surface area contributed by atoms with Crippen molar-refractivity contribution in [1.29, 1.82) is 0 Å². The van der Waals surface area contributed by atoms with Crippen LogP contribution < -0.4 is 10.1 Å². The molecular formula is C15H24N2O. The molecule has 0 radical (unpaired) electrons. The topological polar surface area (TPSA) is 34.1 Å². The fraction of sp³-hybridized carbons (Fsp3) is 0.667. The molecule has 100 valence electrons. The summed E-state index contributed by atoms with van der Waals surface area (Å²) in [6.45, 7) is 4.12. The summed E-state index contributed by atoms with van der Waals surface area (Å²) in [6.07, 6.45) is 9.78. The molecule has 0 bridgehead atoms. The average Bonchev–Trinajstić information content (AvgIpc) is 2.42. The smallest absolute Gasteiger partial charge is 0.213 e. The number of rotatable bonds is 6. The Labute approximate surface area is 110 Å². The van der Waals surface area contributed by atoms with Crippen LogP contribution in [0.1, 0.15) is 51.0 Å². The number of pyridine rings is 1. The van der Waals surface area contributed by atoms with E-state index in [0.717, 1.165) is 25.4 Å². The lowest BCUT2D eigenvalue weighted by molar-refractivity contribution is 0.148. The molecule has 3 heteroatoms. The molecule has 3 nitrogen and oxygen atoms in total. The van der Waals surface area contributed by atoms with E-state index in [1.54, 1.807) is 0 Å². The van der Waals surface area contributed by atoms with E-state index in [1.807, 2.05) is 12.3 Å². The van der Waals surface area contributed by atoms with E-state index in [9.17, 15) is 0 Å². The average molecular weight is 248 g/mol. The quantitative estimate of drug-likeness (QED) is 0.784. The van der Waals surface area contributed by atoms with E-state index in [4.69, 9.17) is 4.74 Å². The normalized spacial score (nSPS) is 16.7. The number of aromatic nitrogens is 1. The maximum Gasteiger partial charge on any atom is 0.213 e. The molecule has 1 aliphatic carbocycles. The minimum absolute atomic E-state index is 0.385. The van der Waals surface area contributed by atoms with Crippen molar-refractivity contribution in [3.05, 3.63) is 23.9 Å². The van der Waals surface area contributed by atoms with Gasteiger partial charge in [0, 0.05) is 18.8 Å². The van der Waals surface area contributed by atoms with Crippen LogP contribution in [0.2, 0.25) is 0 Å². The van der Waals surface area contributed by atoms with E-state index in [-0.39, 0.29) is 0 Å². The van der Waals surface area contributed by atoms with Gasteiger partial charge in [-0.3, -0.25) is 0 Å². The molecule has 18 heavy (non-hydrogen) atoms. The predicted molar refractivity (Wildman–Crippen MR) is 73.7 cm³/mol. The summed E-state index contributed by atoms with van der Waals surface area (Å²) in [5.74, 6) is 0.779. The van der Waals surface area contributed by atoms with Gasteiger partial charge in [-0.25, -0.2) is 4.98 Å². The highest BCUT2D eigenvalue weighted by atomic mass is 16.5. The van der Waals surface area contributed by atoms with E-state index in [0.29, 0.717) is 6.10 Å². The molecule has 0 spiro atoms. The van der Waals surface area contributed by atoms with Crippen molar-refractivity contribution in [1.82, 2.24) is 10.3 Å². The molecule has 0 unspecified atom stereocenters. The van der Waals surface area contributed by atoms with Crippen molar-refractivity contribution >= 4 is 0 Å². The van der Waals surface area contributed by atoms with E-state index in [1.165, 1.54) is 37.7 Å². The van der Waals surface area contributed by atoms with E-state index >= 15 is 0 Å². The van der Waals surface area contributed by atoms with Crippen molar-refractivity contribution in [2.45, 2.75) is 58.1 Å². The fourth-order valence-electron chi connectivity index (χ4n) is 2.35. The van der Waals surface area contributed by atoms with Crippen LogP contribution in [-0.4, -0.2) is 17.6 Å². The molecule has 1 N–H and O–H groups in total. The largest absolute Gasteiger partial charge is 0.474 e. The Hall–Kier alpha value is -1.09. The van der Waals surface area contributed by atoms with Crippen molar-refractivity contribution in [3.63, 3.8) is 0 Å². The zero-order valence-electron chi connectivity index (χ0n) is 11.3. The molecule has 0 saturated heterocycles. The van der Waals surface area contributed by atoms with Gasteiger partial charge in [0.2, 0.25) is 5.88 Å². The molecule has 2 rings (SSSR count). The third-order valence-electron chi connectivity index (χ3n) is 3.39. The van der Waals surface area contributed by atoms with Gasteiger partial charge in [0.25, 0.3) is 0 Å². The van der Waals surface area contributed by atoms with Crippen LogP contribution in [0.25, 0.3) is 0 Å². The Kier molecular flexibility index (Phi) is 5.46. The standard InChI is InChI=1S/C15H24N2O/c1-2-10-16-11-13-8-9-15(17-12-13)18-14-6-4-3-5-7-14/h8-9,12,14,16H,2-7,10-11H2,1H3. The van der Waals surface area contributed by atoms with Crippen LogP contribution in [0.4, 0.5) is 0 Å². The first-order valence-corrected chi connectivity index (χ1v) is 7.21. The monoisotopic (exact) mass is 248 g/mol. The summed E-state index contributed by atoms with van der Waals surface area (Å²) in [5, 5.41) is 3.37. The maximum absolute atomic E-state index is 5.90. The van der Waals surface area contributed by atoms with Gasteiger partial charge >= 0.3 is 0 Å². The molecule has 0 amide bonds. The highest BCUT2D eigenvalue weighted by molar-refractivity contribution is 5.18. The first-order chi connectivity index (χ1) is 8.88. The Morgan fingerprint density at radius 3 is 2.78 bits per heavy atom. The molecule has 1 fully saturated rings. The third-order valence-corrected chi connectivity index (χ3v) is 3.39. The molecule has 1 aromatic heterocycles. The lowest BCUT2D eigenvalue weighted by Crippen LogP contribution is -2.20. The van der Waals surface area contributed by atoms with Gasteiger partial charge in [0.15, 0.2) is 0 Å². The molecule has 0 atom stereocenters. The van der Waals surface area contributed by atoms with E-state index in [2.05, 4.69) is 23.3 Å². The van der Waals surface area contributed by atoms with Crippen molar-refractivity contribution in [2.24, 2.45) is 0 Å². The second-order valence-electron chi connectivity index (χ2n) is 5.06. The molecule has 1 saturated carbocycles. The van der Waals surface area contributed by atoms with Gasteiger partial charge in [-0.15, -0.1) is 0 Å². The van der Waals surface area contributed by atoms with Crippen LogP contribution >= 0.6 is 0 Å². The second-order valence-corrected chi connectivity index (χ2v) is 5.06. The summed E-state index contributed by atoms with van der Waals surface area (Å²) < 4.78 is 5.90. The molecule has 0 aliphatic heterocycles. The Bertz CT molecular complexity index is 331. The number of nitrogens with zero attached hydrogens (tertiary/aromatic N) is 1. The minimum atomic E-state index is 0.385. The first kappa shape index (κ1) is 13.3.